The van der Waals surface area contributed by atoms with Gasteiger partial charge in [-0.05, 0) is 26.0 Å². The Morgan fingerprint density at radius 3 is 2.33 bits per heavy atom. The molecule has 0 saturated carbocycles. The maximum atomic E-state index is 12.3. The number of hydrogen-bond donors (Lipinski definition) is 0. The molecule has 1 aromatic rings. The Labute approximate surface area is 113 Å². The van der Waals surface area contributed by atoms with Gasteiger partial charge in [-0.25, -0.2) is 0 Å². The molecule has 0 fully saturated rings. The van der Waals surface area contributed by atoms with Gasteiger partial charge in [-0.3, -0.25) is 4.57 Å². The van der Waals surface area contributed by atoms with Crippen LogP contribution in [0.5, 0.6) is 5.75 Å². The lowest BCUT2D eigenvalue weighted by atomic mass is 10.3. The van der Waals surface area contributed by atoms with Gasteiger partial charge in [-0.15, -0.1) is 11.8 Å². The largest absolute Gasteiger partial charge is 0.496 e. The molecule has 1 rings (SSSR count). The Morgan fingerprint density at radius 2 is 1.78 bits per heavy atom. The van der Waals surface area contributed by atoms with Gasteiger partial charge in [0.15, 0.2) is 0 Å². The maximum Gasteiger partial charge on any atom is 0.340 e. The Balaban J connectivity index is 2.69. The average Bonchev–Trinajstić information content (AvgIpc) is 2.37. The summed E-state index contributed by atoms with van der Waals surface area (Å²) in [6.07, 6.45) is 0. The molecular weight excluding hydrogens is 271 g/mol. The molecule has 0 aliphatic rings. The summed E-state index contributed by atoms with van der Waals surface area (Å²) in [7, 11) is -1.39. The molecule has 0 N–H and O–H groups in total. The van der Waals surface area contributed by atoms with Gasteiger partial charge >= 0.3 is 7.60 Å². The highest BCUT2D eigenvalue weighted by Crippen LogP contribution is 2.52. The number of methoxy groups -OCH3 is 1. The summed E-state index contributed by atoms with van der Waals surface area (Å²) in [6, 6.07) is 7.60. The molecule has 0 unspecified atom stereocenters. The highest BCUT2D eigenvalue weighted by Gasteiger charge is 2.24. The van der Waals surface area contributed by atoms with E-state index in [1.807, 2.05) is 24.3 Å². The van der Waals surface area contributed by atoms with Gasteiger partial charge in [-0.1, -0.05) is 12.1 Å². The molecule has 102 valence electrons. The topological polar surface area (TPSA) is 44.8 Å². The van der Waals surface area contributed by atoms with Gasteiger partial charge in [-0.2, -0.15) is 0 Å². The van der Waals surface area contributed by atoms with Crippen LogP contribution >= 0.6 is 19.4 Å². The number of hydrogen-bond acceptors (Lipinski definition) is 5. The van der Waals surface area contributed by atoms with Crippen LogP contribution in [0.3, 0.4) is 0 Å². The van der Waals surface area contributed by atoms with E-state index in [-0.39, 0.29) is 5.49 Å². The molecule has 0 radical (unpaired) electrons. The average molecular weight is 290 g/mol. The van der Waals surface area contributed by atoms with Crippen molar-refractivity contribution in [1.82, 2.24) is 0 Å². The third-order valence-electron chi connectivity index (χ3n) is 2.10. The van der Waals surface area contributed by atoms with E-state index in [0.717, 1.165) is 10.6 Å². The first-order chi connectivity index (χ1) is 8.65. The zero-order chi connectivity index (χ0) is 13.4. The third-order valence-corrected chi connectivity index (χ3v) is 5.83. The second-order valence-corrected chi connectivity index (χ2v) is 6.87. The third kappa shape index (κ3) is 4.65. The minimum absolute atomic E-state index is 0.287. The fraction of sp³-hybridized carbons (Fsp3) is 0.500. The Hall–Kier alpha value is -0.480. The molecule has 0 amide bonds. The van der Waals surface area contributed by atoms with Crippen molar-refractivity contribution >= 4 is 19.4 Å². The Kier molecular flexibility index (Phi) is 6.79. The summed E-state index contributed by atoms with van der Waals surface area (Å²) in [5.74, 6) is 0.766. The fourth-order valence-corrected chi connectivity index (χ4v) is 4.51. The molecule has 0 aliphatic carbocycles. The van der Waals surface area contributed by atoms with Crippen LogP contribution in [0.25, 0.3) is 0 Å². The molecule has 0 aliphatic heterocycles. The molecule has 18 heavy (non-hydrogen) atoms. The second kappa shape index (κ2) is 7.85. The second-order valence-electron chi connectivity index (χ2n) is 3.37. The van der Waals surface area contributed by atoms with Crippen LogP contribution in [-0.4, -0.2) is 25.8 Å². The highest BCUT2D eigenvalue weighted by molar-refractivity contribution is 8.04. The molecular formula is C12H19O4PS. The van der Waals surface area contributed by atoms with E-state index >= 15 is 0 Å². The lowest BCUT2D eigenvalue weighted by molar-refractivity contribution is 0.224. The summed E-state index contributed by atoms with van der Waals surface area (Å²) in [5.41, 5.74) is 0.287. The van der Waals surface area contributed by atoms with Crippen molar-refractivity contribution in [2.45, 2.75) is 18.7 Å². The minimum atomic E-state index is -3.01. The van der Waals surface area contributed by atoms with Gasteiger partial charge in [0.05, 0.1) is 20.3 Å². The number of rotatable bonds is 8. The fourth-order valence-electron chi connectivity index (χ4n) is 1.39. The van der Waals surface area contributed by atoms with E-state index in [9.17, 15) is 4.57 Å². The van der Waals surface area contributed by atoms with Gasteiger partial charge in [0.2, 0.25) is 0 Å². The first-order valence-corrected chi connectivity index (χ1v) is 8.50. The van der Waals surface area contributed by atoms with E-state index in [1.54, 1.807) is 21.0 Å². The smallest absolute Gasteiger partial charge is 0.340 e. The van der Waals surface area contributed by atoms with E-state index in [2.05, 4.69) is 0 Å². The molecule has 0 spiro atoms. The van der Waals surface area contributed by atoms with Crippen LogP contribution in [0.2, 0.25) is 0 Å². The van der Waals surface area contributed by atoms with Crippen LogP contribution in [0, 0.1) is 0 Å². The molecule has 6 heteroatoms. The van der Waals surface area contributed by atoms with Crippen molar-refractivity contribution in [1.29, 1.82) is 0 Å². The number of benzene rings is 1. The molecule has 0 heterocycles. The molecule has 4 nitrogen and oxygen atoms in total. The van der Waals surface area contributed by atoms with E-state index in [0.29, 0.717) is 13.2 Å². The van der Waals surface area contributed by atoms with Crippen molar-refractivity contribution in [2.75, 3.05) is 25.8 Å². The summed E-state index contributed by atoms with van der Waals surface area (Å²) in [6.45, 7) is 4.37. The van der Waals surface area contributed by atoms with Crippen LogP contribution in [0.4, 0.5) is 0 Å². The molecule has 0 atom stereocenters. The first-order valence-electron chi connectivity index (χ1n) is 5.79. The quantitative estimate of drug-likeness (QED) is 0.534. The summed E-state index contributed by atoms with van der Waals surface area (Å²) >= 11 is 1.42. The predicted octanol–water partition coefficient (Wildman–Crippen LogP) is 4.01. The summed E-state index contributed by atoms with van der Waals surface area (Å²) in [4.78, 5) is 0.930. The van der Waals surface area contributed by atoms with Crippen molar-refractivity contribution in [3.8, 4) is 5.75 Å². The van der Waals surface area contributed by atoms with Crippen LogP contribution in [-0.2, 0) is 13.6 Å². The Bertz CT molecular complexity index is 401. The summed E-state index contributed by atoms with van der Waals surface area (Å²) in [5, 5.41) is 0. The predicted molar refractivity (Wildman–Crippen MR) is 74.6 cm³/mol. The first kappa shape index (κ1) is 15.6. The normalized spacial score (nSPS) is 11.5. The minimum Gasteiger partial charge on any atom is -0.496 e. The number of thioether (sulfide) groups is 1. The Morgan fingerprint density at radius 1 is 1.17 bits per heavy atom. The zero-order valence-corrected chi connectivity index (χ0v) is 12.6. The zero-order valence-electron chi connectivity index (χ0n) is 10.9. The van der Waals surface area contributed by atoms with E-state index in [4.69, 9.17) is 13.8 Å². The van der Waals surface area contributed by atoms with Gasteiger partial charge in [0, 0.05) is 4.90 Å². The molecule has 0 aromatic heterocycles. The SMILES string of the molecule is CCOP(=O)(CSc1ccccc1OC)OCC. The van der Waals surface area contributed by atoms with Crippen LogP contribution in [0.15, 0.2) is 29.2 Å². The van der Waals surface area contributed by atoms with Crippen LogP contribution in [0.1, 0.15) is 13.8 Å². The van der Waals surface area contributed by atoms with E-state index in [1.165, 1.54) is 11.8 Å². The maximum absolute atomic E-state index is 12.3. The number of ether oxygens (including phenoxy) is 1. The van der Waals surface area contributed by atoms with Gasteiger partial charge in [0.1, 0.15) is 11.2 Å². The molecule has 0 bridgehead atoms. The lowest BCUT2D eigenvalue weighted by Crippen LogP contribution is -1.98. The summed E-state index contributed by atoms with van der Waals surface area (Å²) < 4.78 is 28.0. The van der Waals surface area contributed by atoms with Gasteiger partial charge < -0.3 is 13.8 Å². The van der Waals surface area contributed by atoms with Crippen LogP contribution < -0.4 is 4.74 Å². The standard InChI is InChI=1S/C12H19O4PS/c1-4-15-17(13,16-5-2)10-18-12-9-7-6-8-11(12)14-3/h6-9H,4-5,10H2,1-3H3. The van der Waals surface area contributed by atoms with Crippen molar-refractivity contribution < 1.29 is 18.3 Å². The highest BCUT2D eigenvalue weighted by atomic mass is 32.2. The monoisotopic (exact) mass is 290 g/mol. The van der Waals surface area contributed by atoms with E-state index < -0.39 is 7.60 Å². The van der Waals surface area contributed by atoms with Crippen molar-refractivity contribution in [3.63, 3.8) is 0 Å². The lowest BCUT2D eigenvalue weighted by Gasteiger charge is -2.17. The molecule has 1 aromatic carbocycles. The van der Waals surface area contributed by atoms with Gasteiger partial charge in [0.25, 0.3) is 0 Å². The molecule has 0 saturated heterocycles. The van der Waals surface area contributed by atoms with Crippen molar-refractivity contribution in [2.24, 2.45) is 0 Å². The number of para-hydroxylation sites is 1. The van der Waals surface area contributed by atoms with Crippen molar-refractivity contribution in [3.05, 3.63) is 24.3 Å².